The van der Waals surface area contributed by atoms with E-state index in [-0.39, 0.29) is 5.75 Å². The van der Waals surface area contributed by atoms with Crippen molar-refractivity contribution < 1.29 is 13.5 Å². The predicted octanol–water partition coefficient (Wildman–Crippen LogP) is 4.06. The summed E-state index contributed by atoms with van der Waals surface area (Å²) < 4.78 is 23.7. The van der Waals surface area contributed by atoms with Gasteiger partial charge in [-0.05, 0) is 36.2 Å². The lowest BCUT2D eigenvalue weighted by Gasteiger charge is -2.10. The number of rotatable bonds is 3. The second-order valence-electron chi connectivity index (χ2n) is 3.72. The minimum atomic E-state index is -0.495. The molecule has 1 heterocycles. The van der Waals surface area contributed by atoms with Crippen molar-refractivity contribution in [2.45, 2.75) is 12.3 Å². The van der Waals surface area contributed by atoms with E-state index in [2.05, 4.69) is 0 Å². The van der Waals surface area contributed by atoms with Gasteiger partial charge in [0.05, 0.1) is 13.4 Å². The maximum atomic E-state index is 13.5. The molecule has 0 amide bonds. The Bertz CT molecular complexity index is 522. The monoisotopic (exact) mass is 254 g/mol. The molecular formula is C13H12ClFO2. The molecule has 0 saturated carbocycles. The zero-order valence-corrected chi connectivity index (χ0v) is 10.3. The van der Waals surface area contributed by atoms with E-state index in [9.17, 15) is 4.39 Å². The number of hydrogen-bond acceptors (Lipinski definition) is 2. The van der Waals surface area contributed by atoms with Gasteiger partial charge in [-0.3, -0.25) is 0 Å². The molecule has 4 heteroatoms. The molecule has 0 aliphatic rings. The molecule has 1 atom stereocenters. The fourth-order valence-corrected chi connectivity index (χ4v) is 2.00. The molecule has 0 bridgehead atoms. The van der Waals surface area contributed by atoms with E-state index in [4.69, 9.17) is 20.8 Å². The Balaban J connectivity index is 2.35. The van der Waals surface area contributed by atoms with Crippen molar-refractivity contribution in [2.75, 3.05) is 7.11 Å². The average molecular weight is 255 g/mol. The maximum absolute atomic E-state index is 13.5. The standard InChI is InChI=1S/C13H12ClFO2/c1-8-5-6-17-13(8)12(14)9-3-4-11(16-2)10(15)7-9/h3-7,12H,1-2H3. The molecule has 0 radical (unpaired) electrons. The molecule has 2 nitrogen and oxygen atoms in total. The highest BCUT2D eigenvalue weighted by molar-refractivity contribution is 6.22. The topological polar surface area (TPSA) is 22.4 Å². The fraction of sp³-hybridized carbons (Fsp3) is 0.231. The zero-order valence-electron chi connectivity index (χ0n) is 9.54. The van der Waals surface area contributed by atoms with Crippen LogP contribution in [0.5, 0.6) is 5.75 Å². The molecule has 0 aliphatic heterocycles. The largest absolute Gasteiger partial charge is 0.494 e. The average Bonchev–Trinajstić information content (AvgIpc) is 2.74. The first kappa shape index (κ1) is 12.0. The van der Waals surface area contributed by atoms with Crippen LogP contribution < -0.4 is 4.74 Å². The first-order valence-electron chi connectivity index (χ1n) is 5.15. The first-order chi connectivity index (χ1) is 8.13. The van der Waals surface area contributed by atoms with E-state index in [0.29, 0.717) is 11.3 Å². The fourth-order valence-electron chi connectivity index (χ4n) is 1.64. The van der Waals surface area contributed by atoms with Crippen molar-refractivity contribution in [1.29, 1.82) is 0 Å². The molecular weight excluding hydrogens is 243 g/mol. The summed E-state index contributed by atoms with van der Waals surface area (Å²) in [5, 5.41) is -0.495. The number of benzene rings is 1. The molecule has 1 unspecified atom stereocenters. The Morgan fingerprint density at radius 2 is 2.12 bits per heavy atom. The van der Waals surface area contributed by atoms with Crippen LogP contribution in [0.1, 0.15) is 22.3 Å². The van der Waals surface area contributed by atoms with E-state index in [0.717, 1.165) is 5.56 Å². The second-order valence-corrected chi connectivity index (χ2v) is 4.16. The van der Waals surface area contributed by atoms with Crippen molar-refractivity contribution in [3.8, 4) is 5.75 Å². The van der Waals surface area contributed by atoms with Gasteiger partial charge in [-0.15, -0.1) is 11.6 Å². The maximum Gasteiger partial charge on any atom is 0.165 e. The van der Waals surface area contributed by atoms with Crippen molar-refractivity contribution >= 4 is 11.6 Å². The molecule has 17 heavy (non-hydrogen) atoms. The normalized spacial score (nSPS) is 12.5. The summed E-state index contributed by atoms with van der Waals surface area (Å²) in [4.78, 5) is 0. The number of hydrogen-bond donors (Lipinski definition) is 0. The highest BCUT2D eigenvalue weighted by atomic mass is 35.5. The summed E-state index contributed by atoms with van der Waals surface area (Å²) in [6.45, 7) is 1.90. The van der Waals surface area contributed by atoms with Crippen molar-refractivity contribution in [3.63, 3.8) is 0 Å². The summed E-state index contributed by atoms with van der Waals surface area (Å²) in [7, 11) is 1.42. The summed E-state index contributed by atoms with van der Waals surface area (Å²) in [5.41, 5.74) is 1.59. The minimum absolute atomic E-state index is 0.203. The highest BCUT2D eigenvalue weighted by Gasteiger charge is 2.18. The second kappa shape index (κ2) is 4.80. The van der Waals surface area contributed by atoms with Gasteiger partial charge in [0.2, 0.25) is 0 Å². The van der Waals surface area contributed by atoms with E-state index < -0.39 is 11.2 Å². The zero-order chi connectivity index (χ0) is 12.4. The molecule has 2 rings (SSSR count). The van der Waals surface area contributed by atoms with Gasteiger partial charge in [0.25, 0.3) is 0 Å². The molecule has 0 saturated heterocycles. The summed E-state index contributed by atoms with van der Waals surface area (Å²) in [6, 6.07) is 6.46. The highest BCUT2D eigenvalue weighted by Crippen LogP contribution is 2.33. The lowest BCUT2D eigenvalue weighted by atomic mass is 10.1. The van der Waals surface area contributed by atoms with Gasteiger partial charge in [-0.2, -0.15) is 0 Å². The van der Waals surface area contributed by atoms with E-state index >= 15 is 0 Å². The number of ether oxygens (including phenoxy) is 1. The van der Waals surface area contributed by atoms with Gasteiger partial charge in [0.15, 0.2) is 11.6 Å². The van der Waals surface area contributed by atoms with E-state index in [1.54, 1.807) is 18.4 Å². The van der Waals surface area contributed by atoms with Crippen LogP contribution in [0.4, 0.5) is 4.39 Å². The Hall–Kier alpha value is -1.48. The van der Waals surface area contributed by atoms with Gasteiger partial charge in [0.1, 0.15) is 11.1 Å². The third kappa shape index (κ3) is 2.29. The summed E-state index contributed by atoms with van der Waals surface area (Å²) in [5.74, 6) is 0.407. The third-order valence-corrected chi connectivity index (χ3v) is 3.05. The molecule has 1 aromatic carbocycles. The van der Waals surface area contributed by atoms with Crippen LogP contribution in [0, 0.1) is 12.7 Å². The molecule has 90 valence electrons. The van der Waals surface area contributed by atoms with Crippen LogP contribution in [-0.4, -0.2) is 7.11 Å². The number of alkyl halides is 1. The summed E-state index contributed by atoms with van der Waals surface area (Å²) >= 11 is 6.24. The lowest BCUT2D eigenvalue weighted by Crippen LogP contribution is -1.96. The van der Waals surface area contributed by atoms with Crippen molar-refractivity contribution in [1.82, 2.24) is 0 Å². The Morgan fingerprint density at radius 1 is 1.35 bits per heavy atom. The Kier molecular flexibility index (Phi) is 3.38. The SMILES string of the molecule is COc1ccc(C(Cl)c2occc2C)cc1F. The lowest BCUT2D eigenvalue weighted by molar-refractivity contribution is 0.386. The van der Waals surface area contributed by atoms with Crippen LogP contribution in [0.3, 0.4) is 0 Å². The first-order valence-corrected chi connectivity index (χ1v) is 5.58. The van der Waals surface area contributed by atoms with Crippen LogP contribution in [-0.2, 0) is 0 Å². The molecule has 1 aromatic heterocycles. The van der Waals surface area contributed by atoms with Gasteiger partial charge >= 0.3 is 0 Å². The van der Waals surface area contributed by atoms with Crippen molar-refractivity contribution in [2.24, 2.45) is 0 Å². The molecule has 2 aromatic rings. The van der Waals surface area contributed by atoms with Crippen LogP contribution in [0.15, 0.2) is 34.9 Å². The van der Waals surface area contributed by atoms with Crippen LogP contribution >= 0.6 is 11.6 Å². The number of methoxy groups -OCH3 is 1. The third-order valence-electron chi connectivity index (χ3n) is 2.60. The summed E-state index contributed by atoms with van der Waals surface area (Å²) in [6.07, 6.45) is 1.57. The Morgan fingerprint density at radius 3 is 2.65 bits per heavy atom. The number of aryl methyl sites for hydroxylation is 1. The quantitative estimate of drug-likeness (QED) is 0.771. The molecule has 0 fully saturated rings. The van der Waals surface area contributed by atoms with E-state index in [1.165, 1.54) is 13.2 Å². The molecule has 0 N–H and O–H groups in total. The molecule has 0 spiro atoms. The predicted molar refractivity (Wildman–Crippen MR) is 64.1 cm³/mol. The Labute approximate surface area is 104 Å². The van der Waals surface area contributed by atoms with E-state index in [1.807, 2.05) is 13.0 Å². The molecule has 0 aliphatic carbocycles. The van der Waals surface area contributed by atoms with Crippen LogP contribution in [0.25, 0.3) is 0 Å². The number of halogens is 2. The van der Waals surface area contributed by atoms with Gasteiger partial charge < -0.3 is 9.15 Å². The van der Waals surface area contributed by atoms with Gasteiger partial charge in [-0.1, -0.05) is 6.07 Å². The smallest absolute Gasteiger partial charge is 0.165 e. The number of furan rings is 1. The van der Waals surface area contributed by atoms with Crippen LogP contribution in [0.2, 0.25) is 0 Å². The van der Waals surface area contributed by atoms with Gasteiger partial charge in [-0.25, -0.2) is 4.39 Å². The minimum Gasteiger partial charge on any atom is -0.494 e. The van der Waals surface area contributed by atoms with Gasteiger partial charge in [0, 0.05) is 0 Å². The van der Waals surface area contributed by atoms with Crippen molar-refractivity contribution in [3.05, 3.63) is 53.2 Å².